The number of amides is 1. The average Bonchev–Trinajstić information content (AvgIpc) is 2.33. The van der Waals surface area contributed by atoms with Gasteiger partial charge in [0.25, 0.3) is 0 Å². The van der Waals surface area contributed by atoms with Gasteiger partial charge in [0.2, 0.25) is 11.7 Å². The van der Waals surface area contributed by atoms with Crippen LogP contribution < -0.4 is 16.4 Å². The average molecular weight is 253 g/mol. The first-order valence-corrected chi connectivity index (χ1v) is 5.46. The predicted octanol–water partition coefficient (Wildman–Crippen LogP) is 0.709. The zero-order valence-corrected chi connectivity index (χ0v) is 9.97. The molecule has 0 unspecified atom stereocenters. The number of hydrogen-bond donors (Lipinski definition) is 3. The number of nitrogens with one attached hydrogen (secondary N) is 2. The number of rotatable bonds is 7. The molecule has 4 N–H and O–H groups in total. The summed E-state index contributed by atoms with van der Waals surface area (Å²) in [4.78, 5) is 24.9. The minimum Gasteiger partial charge on any atom is -0.370 e. The van der Waals surface area contributed by atoms with Crippen LogP contribution in [0.15, 0.2) is 12.1 Å². The van der Waals surface area contributed by atoms with E-state index in [1.165, 1.54) is 12.1 Å². The second-order valence-corrected chi connectivity index (χ2v) is 3.57. The molecule has 0 saturated heterocycles. The summed E-state index contributed by atoms with van der Waals surface area (Å²) >= 11 is 0. The molecule has 0 aliphatic rings. The van der Waals surface area contributed by atoms with Crippen LogP contribution in [0.4, 0.5) is 17.3 Å². The van der Waals surface area contributed by atoms with Crippen molar-refractivity contribution in [1.29, 1.82) is 0 Å². The second kappa shape index (κ2) is 6.38. The van der Waals surface area contributed by atoms with Gasteiger partial charge in [-0.2, -0.15) is 0 Å². The first-order valence-electron chi connectivity index (χ1n) is 5.46. The maximum atomic E-state index is 10.8. The van der Waals surface area contributed by atoms with Crippen molar-refractivity contribution in [3.63, 3.8) is 0 Å². The lowest BCUT2D eigenvalue weighted by Gasteiger charge is -2.08. The Bertz CT molecular complexity index is 449. The highest BCUT2D eigenvalue weighted by atomic mass is 16.6. The highest BCUT2D eigenvalue weighted by Gasteiger charge is 2.16. The molecule has 0 radical (unpaired) electrons. The van der Waals surface area contributed by atoms with Crippen LogP contribution in [-0.4, -0.2) is 28.9 Å². The maximum absolute atomic E-state index is 10.8. The fraction of sp³-hybridized carbons (Fsp3) is 0.400. The largest absolute Gasteiger partial charge is 0.370 e. The normalized spacial score (nSPS) is 9.83. The fourth-order valence-electron chi connectivity index (χ4n) is 1.25. The molecule has 1 aromatic heterocycles. The molecule has 1 amide bonds. The van der Waals surface area contributed by atoms with E-state index in [4.69, 9.17) is 5.73 Å². The lowest BCUT2D eigenvalue weighted by molar-refractivity contribution is -0.384. The van der Waals surface area contributed by atoms with Crippen molar-refractivity contribution in [2.75, 3.05) is 23.7 Å². The molecule has 0 spiro atoms. The maximum Gasteiger partial charge on any atom is 0.311 e. The molecule has 8 nitrogen and oxygen atoms in total. The van der Waals surface area contributed by atoms with Crippen LogP contribution in [0.3, 0.4) is 0 Å². The Labute approximate surface area is 104 Å². The van der Waals surface area contributed by atoms with Crippen molar-refractivity contribution >= 4 is 23.2 Å². The highest BCUT2D eigenvalue weighted by molar-refractivity contribution is 5.79. The summed E-state index contributed by atoms with van der Waals surface area (Å²) < 4.78 is 0. The molecule has 0 bridgehead atoms. The van der Waals surface area contributed by atoms with Crippen LogP contribution in [0, 0.1) is 10.1 Å². The van der Waals surface area contributed by atoms with E-state index in [0.29, 0.717) is 12.4 Å². The van der Waals surface area contributed by atoms with Gasteiger partial charge in [0.1, 0.15) is 5.82 Å². The number of anilines is 2. The Morgan fingerprint density at radius 1 is 1.50 bits per heavy atom. The molecule has 1 aromatic rings. The van der Waals surface area contributed by atoms with Crippen molar-refractivity contribution in [1.82, 2.24) is 4.98 Å². The summed E-state index contributed by atoms with van der Waals surface area (Å²) in [5.74, 6) is -0.0765. The van der Waals surface area contributed by atoms with Crippen LogP contribution in [0.1, 0.15) is 13.3 Å². The molecular formula is C10H15N5O3. The molecule has 0 aromatic carbocycles. The molecule has 0 fully saturated rings. The standard InChI is InChI=1S/C10H15N5O3/c1-2-5-12-9-4-3-7(15(17)18)10(14-9)13-6-8(11)16/h3-4H,2,5-6H2,1H3,(H2,11,16)(H2,12,13,14). The smallest absolute Gasteiger partial charge is 0.311 e. The topological polar surface area (TPSA) is 123 Å². The van der Waals surface area contributed by atoms with Gasteiger partial charge in [-0.1, -0.05) is 6.92 Å². The van der Waals surface area contributed by atoms with Gasteiger partial charge in [-0.15, -0.1) is 0 Å². The summed E-state index contributed by atoms with van der Waals surface area (Å²) in [6.45, 7) is 2.50. The Morgan fingerprint density at radius 2 is 2.22 bits per heavy atom. The lowest BCUT2D eigenvalue weighted by Crippen LogP contribution is -2.22. The van der Waals surface area contributed by atoms with Gasteiger partial charge in [0.15, 0.2) is 0 Å². The molecule has 0 saturated carbocycles. The Kier molecular flexibility index (Phi) is 4.85. The summed E-state index contributed by atoms with van der Waals surface area (Å²) in [6, 6.07) is 2.84. The molecule has 1 heterocycles. The number of nitrogens with zero attached hydrogens (tertiary/aromatic N) is 2. The van der Waals surface area contributed by atoms with Crippen LogP contribution in [0.25, 0.3) is 0 Å². The molecule has 18 heavy (non-hydrogen) atoms. The van der Waals surface area contributed by atoms with Gasteiger partial charge < -0.3 is 16.4 Å². The highest BCUT2D eigenvalue weighted by Crippen LogP contribution is 2.23. The fourth-order valence-corrected chi connectivity index (χ4v) is 1.25. The molecular weight excluding hydrogens is 238 g/mol. The van der Waals surface area contributed by atoms with Gasteiger partial charge in [0.05, 0.1) is 11.5 Å². The lowest BCUT2D eigenvalue weighted by atomic mass is 10.3. The van der Waals surface area contributed by atoms with Crippen LogP contribution in [0.5, 0.6) is 0 Å². The first kappa shape index (κ1) is 13.7. The molecule has 0 aliphatic heterocycles. The third kappa shape index (κ3) is 3.89. The third-order valence-electron chi connectivity index (χ3n) is 2.06. The predicted molar refractivity (Wildman–Crippen MR) is 67.4 cm³/mol. The summed E-state index contributed by atoms with van der Waals surface area (Å²) in [5.41, 5.74) is 4.77. The van der Waals surface area contributed by atoms with Crippen molar-refractivity contribution in [2.24, 2.45) is 5.73 Å². The number of nitrogens with two attached hydrogens (primary N) is 1. The van der Waals surface area contributed by atoms with Gasteiger partial charge in [0, 0.05) is 12.6 Å². The number of carbonyl (C=O) groups excluding carboxylic acids is 1. The quantitative estimate of drug-likeness (QED) is 0.485. The molecule has 1 rings (SSSR count). The SMILES string of the molecule is CCCNc1ccc([N+](=O)[O-])c(NCC(N)=O)n1. The number of carbonyl (C=O) groups is 1. The van der Waals surface area contributed by atoms with Gasteiger partial charge in [-0.05, 0) is 12.5 Å². The van der Waals surface area contributed by atoms with Crippen LogP contribution in [-0.2, 0) is 4.79 Å². The molecule has 98 valence electrons. The van der Waals surface area contributed by atoms with Crippen molar-refractivity contribution in [2.45, 2.75) is 13.3 Å². The zero-order chi connectivity index (χ0) is 13.5. The Morgan fingerprint density at radius 3 is 2.78 bits per heavy atom. The first-order chi connectivity index (χ1) is 8.54. The van der Waals surface area contributed by atoms with Gasteiger partial charge >= 0.3 is 5.69 Å². The van der Waals surface area contributed by atoms with E-state index in [1.807, 2.05) is 6.92 Å². The summed E-state index contributed by atoms with van der Waals surface area (Å²) in [5, 5.41) is 16.3. The third-order valence-corrected chi connectivity index (χ3v) is 2.06. The van der Waals surface area contributed by atoms with Crippen LogP contribution in [0.2, 0.25) is 0 Å². The molecule has 0 atom stereocenters. The zero-order valence-electron chi connectivity index (χ0n) is 9.97. The van der Waals surface area contributed by atoms with Crippen molar-refractivity contribution in [3.8, 4) is 0 Å². The number of primary amides is 1. The Balaban J connectivity index is 2.92. The van der Waals surface area contributed by atoms with E-state index >= 15 is 0 Å². The van der Waals surface area contributed by atoms with E-state index in [2.05, 4.69) is 15.6 Å². The van der Waals surface area contributed by atoms with Gasteiger partial charge in [-0.3, -0.25) is 14.9 Å². The van der Waals surface area contributed by atoms with E-state index in [-0.39, 0.29) is 18.1 Å². The van der Waals surface area contributed by atoms with Crippen LogP contribution >= 0.6 is 0 Å². The van der Waals surface area contributed by atoms with Gasteiger partial charge in [-0.25, -0.2) is 4.98 Å². The number of aromatic nitrogens is 1. The Hall–Kier alpha value is -2.38. The summed E-state index contributed by atoms with van der Waals surface area (Å²) in [6.07, 6.45) is 0.905. The minimum absolute atomic E-state index is 0.0277. The second-order valence-electron chi connectivity index (χ2n) is 3.57. The van der Waals surface area contributed by atoms with E-state index < -0.39 is 10.8 Å². The van der Waals surface area contributed by atoms with E-state index in [1.54, 1.807) is 0 Å². The van der Waals surface area contributed by atoms with Crippen molar-refractivity contribution in [3.05, 3.63) is 22.2 Å². The monoisotopic (exact) mass is 253 g/mol. The van der Waals surface area contributed by atoms with E-state index in [9.17, 15) is 14.9 Å². The number of nitro groups is 1. The minimum atomic E-state index is -0.613. The number of pyridine rings is 1. The molecule has 8 heteroatoms. The van der Waals surface area contributed by atoms with Crippen molar-refractivity contribution < 1.29 is 9.72 Å². The summed E-state index contributed by atoms with van der Waals surface area (Å²) in [7, 11) is 0. The van der Waals surface area contributed by atoms with E-state index in [0.717, 1.165) is 6.42 Å². The number of hydrogen-bond acceptors (Lipinski definition) is 6. The molecule has 0 aliphatic carbocycles.